The van der Waals surface area contributed by atoms with E-state index >= 15 is 0 Å². The molecule has 0 aromatic rings. The predicted molar refractivity (Wildman–Crippen MR) is 70.8 cm³/mol. The first-order valence-electron chi connectivity index (χ1n) is 6.59. The minimum Gasteiger partial charge on any atom is -0.332 e. The summed E-state index contributed by atoms with van der Waals surface area (Å²) < 4.78 is 16.6. The van der Waals surface area contributed by atoms with Gasteiger partial charge in [-0.05, 0) is 12.3 Å². The van der Waals surface area contributed by atoms with Crippen LogP contribution in [0.3, 0.4) is 0 Å². The zero-order valence-electron chi connectivity index (χ0n) is 11.3. The van der Waals surface area contributed by atoms with Crippen molar-refractivity contribution in [3.05, 3.63) is 0 Å². The number of Topliss-reactive ketones (excluding diaryl/α,β-unsaturated/α-hetero) is 1. The Labute approximate surface area is 105 Å². The second-order valence-corrected chi connectivity index (χ2v) is 8.17. The number of carbonyl (C=O) groups is 1. The molecular weight excluding hydrogens is 235 g/mol. The third-order valence-corrected chi connectivity index (χ3v) is 5.45. The Morgan fingerprint density at radius 2 is 1.94 bits per heavy atom. The van der Waals surface area contributed by atoms with Gasteiger partial charge >= 0.3 is 0 Å². The molecule has 0 saturated heterocycles. The molecule has 0 aliphatic heterocycles. The molecule has 0 aromatic heterocycles. The van der Waals surface area contributed by atoms with Crippen molar-refractivity contribution in [2.24, 2.45) is 11.8 Å². The fourth-order valence-electron chi connectivity index (χ4n) is 2.56. The highest BCUT2D eigenvalue weighted by molar-refractivity contribution is 7.59. The number of ketones is 1. The molecule has 17 heavy (non-hydrogen) atoms. The van der Waals surface area contributed by atoms with Crippen LogP contribution >= 0.6 is 7.37 Å². The van der Waals surface area contributed by atoms with Crippen LogP contribution in [0.15, 0.2) is 0 Å². The fraction of sp³-hybridized carbons (Fsp3) is 0.923. The second kappa shape index (κ2) is 6.70. The predicted octanol–water partition coefficient (Wildman–Crippen LogP) is 3.72. The lowest BCUT2D eigenvalue weighted by Crippen LogP contribution is -2.20. The van der Waals surface area contributed by atoms with Crippen LogP contribution in [0.4, 0.5) is 0 Å². The van der Waals surface area contributed by atoms with E-state index in [1.54, 1.807) is 0 Å². The zero-order valence-corrected chi connectivity index (χ0v) is 12.2. The maximum absolute atomic E-state index is 11.9. The van der Waals surface area contributed by atoms with Gasteiger partial charge in [-0.15, -0.1) is 0 Å². The molecule has 1 unspecified atom stereocenters. The highest BCUT2D eigenvalue weighted by Crippen LogP contribution is 2.42. The topological polar surface area (TPSA) is 43.4 Å². The van der Waals surface area contributed by atoms with Crippen LogP contribution in [0.5, 0.6) is 0 Å². The third kappa shape index (κ3) is 5.35. The maximum atomic E-state index is 11.9. The van der Waals surface area contributed by atoms with E-state index in [1.807, 2.05) is 6.92 Å². The summed E-state index contributed by atoms with van der Waals surface area (Å²) in [4.78, 5) is 11.9. The Kier molecular flexibility index (Phi) is 5.88. The zero-order chi connectivity index (χ0) is 12.9. The van der Waals surface area contributed by atoms with E-state index < -0.39 is 7.37 Å². The molecule has 0 N–H and O–H groups in total. The first kappa shape index (κ1) is 14.9. The van der Waals surface area contributed by atoms with Crippen LogP contribution in [-0.4, -0.2) is 25.7 Å². The first-order chi connectivity index (χ1) is 7.94. The van der Waals surface area contributed by atoms with E-state index in [0.717, 1.165) is 6.42 Å². The Bertz CT molecular complexity index is 295. The smallest absolute Gasteiger partial charge is 0.207 e. The quantitative estimate of drug-likeness (QED) is 0.684. The number of carbonyl (C=O) groups excluding carboxylic acids is 1. The van der Waals surface area contributed by atoms with Crippen molar-refractivity contribution in [2.75, 3.05) is 19.9 Å². The lowest BCUT2D eigenvalue weighted by atomic mass is 9.82. The summed E-state index contributed by atoms with van der Waals surface area (Å²) in [5.41, 5.74) is 0. The van der Waals surface area contributed by atoms with Crippen molar-refractivity contribution >= 4 is 13.2 Å². The number of hydrogen-bond donors (Lipinski definition) is 0. The van der Waals surface area contributed by atoms with Gasteiger partial charge in [-0.1, -0.05) is 39.0 Å². The highest BCUT2D eigenvalue weighted by atomic mass is 31.2. The normalized spacial score (nSPS) is 23.0. The minimum atomic E-state index is -2.69. The Morgan fingerprint density at radius 1 is 1.35 bits per heavy atom. The van der Waals surface area contributed by atoms with E-state index in [2.05, 4.69) is 0 Å². The van der Waals surface area contributed by atoms with Gasteiger partial charge in [-0.3, -0.25) is 9.36 Å². The van der Waals surface area contributed by atoms with Crippen LogP contribution in [0.1, 0.15) is 45.4 Å². The summed E-state index contributed by atoms with van der Waals surface area (Å²) in [5, 5.41) is 0. The molecule has 4 heteroatoms. The summed E-state index contributed by atoms with van der Waals surface area (Å²) in [5.74, 6) is 0.825. The molecular formula is C13H25O3P. The fourth-order valence-corrected chi connectivity index (χ4v) is 3.56. The van der Waals surface area contributed by atoms with Crippen LogP contribution < -0.4 is 0 Å². The Balaban J connectivity index is 2.38. The molecule has 0 heterocycles. The van der Waals surface area contributed by atoms with Gasteiger partial charge in [0, 0.05) is 19.7 Å². The number of hydrogen-bond acceptors (Lipinski definition) is 3. The Hall–Kier alpha value is -0.140. The lowest BCUT2D eigenvalue weighted by Gasteiger charge is -2.24. The van der Waals surface area contributed by atoms with Gasteiger partial charge in [0.05, 0.1) is 6.16 Å². The lowest BCUT2D eigenvalue weighted by molar-refractivity contribution is -0.120. The van der Waals surface area contributed by atoms with E-state index in [-0.39, 0.29) is 17.9 Å². The van der Waals surface area contributed by atoms with Crippen molar-refractivity contribution < 1.29 is 13.9 Å². The molecule has 1 aliphatic carbocycles. The maximum Gasteiger partial charge on any atom is 0.207 e. The van der Waals surface area contributed by atoms with Crippen LogP contribution in [-0.2, 0) is 13.9 Å². The summed E-state index contributed by atoms with van der Waals surface area (Å²) in [6, 6.07) is 0. The average molecular weight is 260 g/mol. The van der Waals surface area contributed by atoms with Gasteiger partial charge in [0.25, 0.3) is 0 Å². The van der Waals surface area contributed by atoms with Crippen molar-refractivity contribution in [1.82, 2.24) is 0 Å². The Morgan fingerprint density at radius 3 is 2.47 bits per heavy atom. The van der Waals surface area contributed by atoms with Gasteiger partial charge in [0.15, 0.2) is 0 Å². The summed E-state index contributed by atoms with van der Waals surface area (Å²) in [6.45, 7) is 3.50. The van der Waals surface area contributed by atoms with Gasteiger partial charge < -0.3 is 4.52 Å². The van der Waals surface area contributed by atoms with Crippen molar-refractivity contribution in [3.63, 3.8) is 0 Å². The van der Waals surface area contributed by atoms with Gasteiger partial charge in [0.1, 0.15) is 5.78 Å². The molecule has 0 amide bonds. The van der Waals surface area contributed by atoms with Crippen molar-refractivity contribution in [1.29, 1.82) is 0 Å². The minimum absolute atomic E-state index is 0.0292. The number of rotatable bonds is 6. The summed E-state index contributed by atoms with van der Waals surface area (Å²) in [6.07, 6.45) is 7.51. The molecule has 1 saturated carbocycles. The summed E-state index contributed by atoms with van der Waals surface area (Å²) >= 11 is 0. The third-order valence-electron chi connectivity index (χ3n) is 3.79. The average Bonchev–Trinajstić information content (AvgIpc) is 2.30. The standard InChI is InChI=1S/C13H25O3P/c1-11(9-12-7-5-4-6-8-12)13(14)10-17(3,15)16-2/h11-12H,4-10H2,1-3H3/t11-,17?/m1/s1. The molecule has 3 nitrogen and oxygen atoms in total. The summed E-state index contributed by atoms with van der Waals surface area (Å²) in [7, 11) is -1.27. The monoisotopic (exact) mass is 260 g/mol. The van der Waals surface area contributed by atoms with E-state index in [4.69, 9.17) is 4.52 Å². The van der Waals surface area contributed by atoms with Crippen LogP contribution in [0, 0.1) is 11.8 Å². The highest BCUT2D eigenvalue weighted by Gasteiger charge is 2.25. The molecule has 1 rings (SSSR count). The first-order valence-corrected chi connectivity index (χ1v) is 8.85. The molecule has 1 aliphatic rings. The van der Waals surface area contributed by atoms with E-state index in [0.29, 0.717) is 5.92 Å². The molecule has 0 aromatic carbocycles. The van der Waals surface area contributed by atoms with E-state index in [1.165, 1.54) is 45.9 Å². The van der Waals surface area contributed by atoms with Crippen LogP contribution in [0.2, 0.25) is 0 Å². The largest absolute Gasteiger partial charge is 0.332 e. The molecule has 2 atom stereocenters. The molecule has 0 radical (unpaired) electrons. The van der Waals surface area contributed by atoms with Crippen molar-refractivity contribution in [3.8, 4) is 0 Å². The van der Waals surface area contributed by atoms with Gasteiger partial charge in [0.2, 0.25) is 7.37 Å². The SMILES string of the molecule is COP(C)(=O)CC(=O)[C@H](C)CC1CCCCC1. The molecule has 0 bridgehead atoms. The molecule has 100 valence electrons. The van der Waals surface area contributed by atoms with Crippen LogP contribution in [0.25, 0.3) is 0 Å². The second-order valence-electron chi connectivity index (χ2n) is 5.46. The molecule has 1 fully saturated rings. The van der Waals surface area contributed by atoms with Gasteiger partial charge in [-0.25, -0.2) is 0 Å². The van der Waals surface area contributed by atoms with Crippen molar-refractivity contribution in [2.45, 2.75) is 45.4 Å². The molecule has 0 spiro atoms. The van der Waals surface area contributed by atoms with E-state index in [9.17, 15) is 9.36 Å². The van der Waals surface area contributed by atoms with Gasteiger partial charge in [-0.2, -0.15) is 0 Å².